The molecule has 3 amide bonds. The Balaban J connectivity index is 3.53. The van der Waals surface area contributed by atoms with Crippen molar-refractivity contribution in [2.45, 2.75) is 119 Å². The SMILES string of the molecule is CCCC(C)NC(=O)C(c1cccc(C)c1C)N(C(=O)C(NC(=O)OC(C)(C)C)C(C)C)C(C)C. The first-order valence-corrected chi connectivity index (χ1v) is 12.8. The summed E-state index contributed by atoms with van der Waals surface area (Å²) in [6.45, 7) is 20.9. The molecule has 0 bridgehead atoms. The van der Waals surface area contributed by atoms with Gasteiger partial charge in [0.05, 0.1) is 0 Å². The average Bonchev–Trinajstić information content (AvgIpc) is 2.70. The molecule has 3 unspecified atom stereocenters. The topological polar surface area (TPSA) is 87.7 Å². The van der Waals surface area contributed by atoms with Gasteiger partial charge in [0.2, 0.25) is 11.8 Å². The predicted molar refractivity (Wildman–Crippen MR) is 141 cm³/mol. The lowest BCUT2D eigenvalue weighted by Gasteiger charge is -2.39. The summed E-state index contributed by atoms with van der Waals surface area (Å²) in [7, 11) is 0. The summed E-state index contributed by atoms with van der Waals surface area (Å²) in [5.41, 5.74) is 2.11. The smallest absolute Gasteiger partial charge is 0.408 e. The van der Waals surface area contributed by atoms with Crippen LogP contribution in [0.1, 0.15) is 97.9 Å². The largest absolute Gasteiger partial charge is 0.444 e. The standard InChI is InChI=1S/C28H47N3O4/c1-12-14-20(7)29-25(32)24(22-16-13-15-19(6)21(22)8)31(18(4)5)26(33)23(17(2)3)30-27(34)35-28(9,10)11/h13,15-18,20,23-24H,12,14H2,1-11H3,(H,29,32)(H,30,34). The highest BCUT2D eigenvalue weighted by molar-refractivity contribution is 5.92. The zero-order valence-corrected chi connectivity index (χ0v) is 23.6. The van der Waals surface area contributed by atoms with Crippen LogP contribution in [0.25, 0.3) is 0 Å². The van der Waals surface area contributed by atoms with Gasteiger partial charge in [0, 0.05) is 12.1 Å². The maximum atomic E-state index is 14.0. The number of carbonyl (C=O) groups excluding carboxylic acids is 3. The quantitative estimate of drug-likeness (QED) is 0.458. The van der Waals surface area contributed by atoms with E-state index in [-0.39, 0.29) is 29.8 Å². The number of ether oxygens (including phenoxy) is 1. The van der Waals surface area contributed by atoms with Gasteiger partial charge in [0.15, 0.2) is 0 Å². The first-order chi connectivity index (χ1) is 16.1. The molecule has 35 heavy (non-hydrogen) atoms. The van der Waals surface area contributed by atoms with Gasteiger partial charge < -0.3 is 20.3 Å². The van der Waals surface area contributed by atoms with E-state index >= 15 is 0 Å². The number of nitrogens with one attached hydrogen (secondary N) is 2. The molecule has 1 aromatic carbocycles. The third kappa shape index (κ3) is 8.86. The summed E-state index contributed by atoms with van der Waals surface area (Å²) in [6, 6.07) is 3.83. The van der Waals surface area contributed by atoms with E-state index in [0.29, 0.717) is 0 Å². The Labute approximate surface area is 212 Å². The van der Waals surface area contributed by atoms with Crippen molar-refractivity contribution in [1.29, 1.82) is 0 Å². The van der Waals surface area contributed by atoms with Crippen LogP contribution in [-0.2, 0) is 14.3 Å². The molecule has 0 saturated heterocycles. The van der Waals surface area contributed by atoms with Gasteiger partial charge in [0.1, 0.15) is 17.7 Å². The van der Waals surface area contributed by atoms with E-state index in [1.54, 1.807) is 25.7 Å². The number of rotatable bonds is 10. The number of aryl methyl sites for hydroxylation is 1. The maximum Gasteiger partial charge on any atom is 0.408 e. The molecular weight excluding hydrogens is 442 g/mol. The number of amides is 3. The van der Waals surface area contributed by atoms with Crippen LogP contribution in [0.3, 0.4) is 0 Å². The van der Waals surface area contributed by atoms with Crippen molar-refractivity contribution >= 4 is 17.9 Å². The maximum absolute atomic E-state index is 14.0. The monoisotopic (exact) mass is 489 g/mol. The lowest BCUT2D eigenvalue weighted by molar-refractivity contribution is -0.145. The van der Waals surface area contributed by atoms with E-state index in [0.717, 1.165) is 29.5 Å². The van der Waals surface area contributed by atoms with Gasteiger partial charge in [-0.25, -0.2) is 4.79 Å². The van der Waals surface area contributed by atoms with Gasteiger partial charge in [-0.05, 0) is 84.4 Å². The summed E-state index contributed by atoms with van der Waals surface area (Å²) in [6.07, 6.45) is 1.13. The van der Waals surface area contributed by atoms with E-state index in [9.17, 15) is 14.4 Å². The van der Waals surface area contributed by atoms with E-state index < -0.39 is 23.8 Å². The first-order valence-electron chi connectivity index (χ1n) is 12.8. The fourth-order valence-corrected chi connectivity index (χ4v) is 4.10. The second-order valence-electron chi connectivity index (χ2n) is 11.1. The van der Waals surface area contributed by atoms with Gasteiger partial charge in [0.25, 0.3) is 0 Å². The summed E-state index contributed by atoms with van der Waals surface area (Å²) < 4.78 is 5.42. The fourth-order valence-electron chi connectivity index (χ4n) is 4.10. The molecule has 0 spiro atoms. The Bertz CT molecular complexity index is 873. The fraction of sp³-hybridized carbons (Fsp3) is 0.679. The molecule has 7 heteroatoms. The highest BCUT2D eigenvalue weighted by atomic mass is 16.6. The second kappa shape index (κ2) is 12.9. The van der Waals surface area contributed by atoms with E-state index in [2.05, 4.69) is 17.6 Å². The Hall–Kier alpha value is -2.57. The second-order valence-corrected chi connectivity index (χ2v) is 11.1. The average molecular weight is 490 g/mol. The summed E-state index contributed by atoms with van der Waals surface area (Å²) in [5.74, 6) is -0.746. The zero-order valence-electron chi connectivity index (χ0n) is 23.6. The number of nitrogens with zero attached hydrogens (tertiary/aromatic N) is 1. The lowest BCUT2D eigenvalue weighted by atomic mass is 9.93. The van der Waals surface area contributed by atoms with Crippen LogP contribution < -0.4 is 10.6 Å². The Morgan fingerprint density at radius 2 is 1.60 bits per heavy atom. The van der Waals surface area contributed by atoms with E-state index in [1.807, 2.05) is 66.7 Å². The summed E-state index contributed by atoms with van der Waals surface area (Å²) in [5, 5.41) is 5.87. The third-order valence-electron chi connectivity index (χ3n) is 5.99. The van der Waals surface area contributed by atoms with Crippen LogP contribution >= 0.6 is 0 Å². The predicted octanol–water partition coefficient (Wildman–Crippen LogP) is 5.44. The van der Waals surface area contributed by atoms with Crippen molar-refractivity contribution < 1.29 is 19.1 Å². The molecule has 7 nitrogen and oxygen atoms in total. The molecule has 0 aliphatic heterocycles. The van der Waals surface area contributed by atoms with Crippen molar-refractivity contribution in [3.05, 3.63) is 34.9 Å². The minimum atomic E-state index is -0.847. The van der Waals surface area contributed by atoms with Gasteiger partial charge in [-0.1, -0.05) is 45.4 Å². The van der Waals surface area contributed by atoms with Crippen molar-refractivity contribution in [2.24, 2.45) is 5.92 Å². The molecule has 0 aromatic heterocycles. The Kier molecular flexibility index (Phi) is 11.3. The normalized spacial score (nSPS) is 14.3. The minimum Gasteiger partial charge on any atom is -0.444 e. The van der Waals surface area contributed by atoms with Crippen molar-refractivity contribution in [3.63, 3.8) is 0 Å². The molecular formula is C28H47N3O4. The van der Waals surface area contributed by atoms with Crippen molar-refractivity contribution in [3.8, 4) is 0 Å². The third-order valence-corrected chi connectivity index (χ3v) is 5.99. The molecule has 1 rings (SSSR count). The van der Waals surface area contributed by atoms with Gasteiger partial charge in [-0.2, -0.15) is 0 Å². The minimum absolute atomic E-state index is 0.0231. The van der Waals surface area contributed by atoms with Crippen LogP contribution in [0.4, 0.5) is 4.79 Å². The van der Waals surface area contributed by atoms with Crippen molar-refractivity contribution in [1.82, 2.24) is 15.5 Å². The highest BCUT2D eigenvalue weighted by Crippen LogP contribution is 2.30. The molecule has 0 saturated carbocycles. The lowest BCUT2D eigenvalue weighted by Crippen LogP contribution is -2.57. The molecule has 0 radical (unpaired) electrons. The number of hydrogen-bond donors (Lipinski definition) is 2. The molecule has 3 atom stereocenters. The Morgan fingerprint density at radius 3 is 2.09 bits per heavy atom. The van der Waals surface area contributed by atoms with Gasteiger partial charge in [-0.15, -0.1) is 0 Å². The van der Waals surface area contributed by atoms with Crippen LogP contribution in [-0.4, -0.2) is 46.5 Å². The highest BCUT2D eigenvalue weighted by Gasteiger charge is 2.39. The summed E-state index contributed by atoms with van der Waals surface area (Å²) in [4.78, 5) is 41.9. The number of benzene rings is 1. The van der Waals surface area contributed by atoms with Crippen LogP contribution in [0.2, 0.25) is 0 Å². The van der Waals surface area contributed by atoms with E-state index in [1.165, 1.54) is 0 Å². The van der Waals surface area contributed by atoms with Crippen LogP contribution in [0.15, 0.2) is 18.2 Å². The molecule has 1 aromatic rings. The molecule has 2 N–H and O–H groups in total. The van der Waals surface area contributed by atoms with E-state index in [4.69, 9.17) is 4.74 Å². The molecule has 198 valence electrons. The van der Waals surface area contributed by atoms with Crippen molar-refractivity contribution in [2.75, 3.05) is 0 Å². The molecule has 0 aliphatic rings. The Morgan fingerprint density at radius 1 is 1.00 bits per heavy atom. The zero-order chi connectivity index (χ0) is 27.1. The number of alkyl carbamates (subject to hydrolysis) is 1. The molecule has 0 aliphatic carbocycles. The summed E-state index contributed by atoms with van der Waals surface area (Å²) >= 11 is 0. The number of hydrogen-bond acceptors (Lipinski definition) is 4. The molecule has 0 heterocycles. The first kappa shape index (κ1) is 30.5. The van der Waals surface area contributed by atoms with Crippen LogP contribution in [0.5, 0.6) is 0 Å². The van der Waals surface area contributed by atoms with Crippen LogP contribution in [0, 0.1) is 19.8 Å². The molecule has 0 fully saturated rings. The number of carbonyl (C=O) groups is 3. The van der Waals surface area contributed by atoms with Gasteiger partial charge in [-0.3, -0.25) is 9.59 Å². The van der Waals surface area contributed by atoms with Gasteiger partial charge >= 0.3 is 6.09 Å².